The minimum Gasteiger partial charge on any atom is -0.328 e. The molecule has 2 atom stereocenters. The van der Waals surface area contributed by atoms with E-state index in [0.29, 0.717) is 6.04 Å². The molecule has 2 aliphatic carbocycles. The zero-order valence-corrected chi connectivity index (χ0v) is 6.55. The average Bonchev–Trinajstić information content (AvgIpc) is 1.85. The summed E-state index contributed by atoms with van der Waals surface area (Å²) in [4.78, 5) is 0. The molecule has 2 aliphatic rings. The normalized spacial score (nSPS) is 47.1. The third-order valence-electron chi connectivity index (χ3n) is 3.16. The van der Waals surface area contributed by atoms with E-state index in [0.717, 1.165) is 11.8 Å². The number of fused-ring (bicyclic) bond motifs is 2. The quantitative estimate of drug-likeness (QED) is 0.545. The highest BCUT2D eigenvalue weighted by Gasteiger charge is 2.29. The molecule has 0 heterocycles. The summed E-state index contributed by atoms with van der Waals surface area (Å²) in [5.74, 6) is 2.00. The molecule has 2 rings (SSSR count). The summed E-state index contributed by atoms with van der Waals surface area (Å²) in [6.07, 6.45) is 8.52. The maximum atomic E-state index is 5.93. The first kappa shape index (κ1) is 6.66. The minimum absolute atomic E-state index is 0.545. The zero-order valence-electron chi connectivity index (χ0n) is 6.55. The van der Waals surface area contributed by atoms with Crippen LogP contribution in [0.25, 0.3) is 0 Å². The van der Waals surface area contributed by atoms with Crippen LogP contribution in [0.1, 0.15) is 38.5 Å². The van der Waals surface area contributed by atoms with Crippen LogP contribution in [-0.2, 0) is 0 Å². The highest BCUT2D eigenvalue weighted by molar-refractivity contribution is 4.84. The fourth-order valence-corrected chi connectivity index (χ4v) is 2.78. The molecule has 2 bridgehead atoms. The van der Waals surface area contributed by atoms with Crippen LogP contribution in [0, 0.1) is 11.8 Å². The molecule has 0 aromatic heterocycles. The summed E-state index contributed by atoms with van der Waals surface area (Å²) < 4.78 is 0. The number of rotatable bonds is 0. The molecule has 0 radical (unpaired) electrons. The molecule has 2 saturated carbocycles. The Bertz CT molecular complexity index is 106. The van der Waals surface area contributed by atoms with Crippen molar-refractivity contribution in [3.05, 3.63) is 0 Å². The summed E-state index contributed by atoms with van der Waals surface area (Å²) in [5, 5.41) is 0. The van der Waals surface area contributed by atoms with E-state index in [-0.39, 0.29) is 0 Å². The van der Waals surface area contributed by atoms with E-state index in [1.165, 1.54) is 38.5 Å². The molecule has 2 fully saturated rings. The first-order valence-corrected chi connectivity index (χ1v) is 4.60. The van der Waals surface area contributed by atoms with E-state index in [1.807, 2.05) is 0 Å². The van der Waals surface area contributed by atoms with Crippen LogP contribution in [0.3, 0.4) is 0 Å². The van der Waals surface area contributed by atoms with E-state index in [1.54, 1.807) is 0 Å². The molecular formula is C9H17N. The summed E-state index contributed by atoms with van der Waals surface area (Å²) >= 11 is 0. The Labute approximate surface area is 63.0 Å². The number of nitrogens with two attached hydrogens (primary N) is 1. The molecule has 0 aliphatic heterocycles. The number of hydrogen-bond donors (Lipinski definition) is 1. The van der Waals surface area contributed by atoms with E-state index in [2.05, 4.69) is 0 Å². The smallest absolute Gasteiger partial charge is 0.00441 e. The van der Waals surface area contributed by atoms with E-state index in [9.17, 15) is 0 Å². The van der Waals surface area contributed by atoms with Crippen LogP contribution < -0.4 is 5.73 Å². The summed E-state index contributed by atoms with van der Waals surface area (Å²) in [6, 6.07) is 0.545. The van der Waals surface area contributed by atoms with Crippen LogP contribution in [0.15, 0.2) is 0 Å². The van der Waals surface area contributed by atoms with Gasteiger partial charge in [0.05, 0.1) is 0 Å². The van der Waals surface area contributed by atoms with Crippen molar-refractivity contribution in [3.63, 3.8) is 0 Å². The maximum Gasteiger partial charge on any atom is 0.00441 e. The van der Waals surface area contributed by atoms with Gasteiger partial charge in [-0.15, -0.1) is 0 Å². The molecule has 0 aromatic carbocycles. The molecule has 0 spiro atoms. The second kappa shape index (κ2) is 2.54. The molecule has 0 unspecified atom stereocenters. The lowest BCUT2D eigenvalue weighted by molar-refractivity contribution is 0.171. The van der Waals surface area contributed by atoms with Gasteiger partial charge in [0.2, 0.25) is 0 Å². The Kier molecular flexibility index (Phi) is 1.69. The molecule has 1 nitrogen and oxygen atoms in total. The van der Waals surface area contributed by atoms with Gasteiger partial charge >= 0.3 is 0 Å². The van der Waals surface area contributed by atoms with Gasteiger partial charge in [0.1, 0.15) is 0 Å². The van der Waals surface area contributed by atoms with Crippen LogP contribution in [0.5, 0.6) is 0 Å². The SMILES string of the molecule is NC1C[C@H]2CCC[C@H](C1)C2. The topological polar surface area (TPSA) is 26.0 Å². The van der Waals surface area contributed by atoms with E-state index in [4.69, 9.17) is 5.73 Å². The van der Waals surface area contributed by atoms with Crippen LogP contribution in [-0.4, -0.2) is 6.04 Å². The monoisotopic (exact) mass is 139 g/mol. The first-order chi connectivity index (χ1) is 4.84. The summed E-state index contributed by atoms with van der Waals surface area (Å²) in [5.41, 5.74) is 5.93. The molecule has 10 heavy (non-hydrogen) atoms. The van der Waals surface area contributed by atoms with Crippen molar-refractivity contribution in [1.29, 1.82) is 0 Å². The Morgan fingerprint density at radius 1 is 0.900 bits per heavy atom. The Morgan fingerprint density at radius 2 is 1.50 bits per heavy atom. The van der Waals surface area contributed by atoms with Gasteiger partial charge in [0, 0.05) is 6.04 Å². The van der Waals surface area contributed by atoms with Gasteiger partial charge in [-0.2, -0.15) is 0 Å². The van der Waals surface area contributed by atoms with Crippen molar-refractivity contribution in [2.24, 2.45) is 17.6 Å². The van der Waals surface area contributed by atoms with Crippen molar-refractivity contribution in [1.82, 2.24) is 0 Å². The second-order valence-corrected chi connectivity index (χ2v) is 4.13. The van der Waals surface area contributed by atoms with Crippen molar-refractivity contribution in [2.75, 3.05) is 0 Å². The van der Waals surface area contributed by atoms with Crippen LogP contribution in [0.2, 0.25) is 0 Å². The largest absolute Gasteiger partial charge is 0.328 e. The van der Waals surface area contributed by atoms with Crippen LogP contribution in [0.4, 0.5) is 0 Å². The van der Waals surface area contributed by atoms with Gasteiger partial charge in [-0.25, -0.2) is 0 Å². The minimum atomic E-state index is 0.545. The molecule has 2 N–H and O–H groups in total. The fourth-order valence-electron chi connectivity index (χ4n) is 2.78. The highest BCUT2D eigenvalue weighted by Crippen LogP contribution is 2.38. The average molecular weight is 139 g/mol. The van der Waals surface area contributed by atoms with Crippen LogP contribution >= 0.6 is 0 Å². The second-order valence-electron chi connectivity index (χ2n) is 4.13. The van der Waals surface area contributed by atoms with Crippen molar-refractivity contribution in [3.8, 4) is 0 Å². The molecule has 0 aromatic rings. The molecule has 58 valence electrons. The van der Waals surface area contributed by atoms with Gasteiger partial charge in [0.15, 0.2) is 0 Å². The van der Waals surface area contributed by atoms with Crippen molar-refractivity contribution < 1.29 is 0 Å². The standard InChI is InChI=1S/C9H17N/c10-9-5-7-2-1-3-8(4-7)6-9/h7-9H,1-6,10H2/t7-,8-/m0/s1. The van der Waals surface area contributed by atoms with E-state index < -0.39 is 0 Å². The third-order valence-corrected chi connectivity index (χ3v) is 3.16. The van der Waals surface area contributed by atoms with Gasteiger partial charge < -0.3 is 5.73 Å². The lowest BCUT2D eigenvalue weighted by Gasteiger charge is -2.37. The van der Waals surface area contributed by atoms with E-state index >= 15 is 0 Å². The molecule has 1 heteroatoms. The molecular weight excluding hydrogens is 122 g/mol. The highest BCUT2D eigenvalue weighted by atomic mass is 14.6. The molecule has 0 saturated heterocycles. The summed E-state index contributed by atoms with van der Waals surface area (Å²) in [6.45, 7) is 0. The van der Waals surface area contributed by atoms with Crippen molar-refractivity contribution in [2.45, 2.75) is 44.6 Å². The molecule has 0 amide bonds. The third kappa shape index (κ3) is 1.20. The Hall–Kier alpha value is -0.0400. The van der Waals surface area contributed by atoms with Gasteiger partial charge in [0.25, 0.3) is 0 Å². The lowest BCUT2D eigenvalue weighted by atomic mass is 9.71. The Balaban J connectivity index is 1.98. The van der Waals surface area contributed by atoms with Gasteiger partial charge in [-0.3, -0.25) is 0 Å². The maximum absolute atomic E-state index is 5.93. The van der Waals surface area contributed by atoms with Gasteiger partial charge in [-0.05, 0) is 31.1 Å². The Morgan fingerprint density at radius 3 is 2.10 bits per heavy atom. The summed E-state index contributed by atoms with van der Waals surface area (Å²) in [7, 11) is 0. The zero-order chi connectivity index (χ0) is 6.97. The lowest BCUT2D eigenvalue weighted by Crippen LogP contribution is -2.35. The first-order valence-electron chi connectivity index (χ1n) is 4.60. The van der Waals surface area contributed by atoms with Gasteiger partial charge in [-0.1, -0.05) is 19.3 Å². The predicted octanol–water partition coefficient (Wildman–Crippen LogP) is 1.91. The number of hydrogen-bond acceptors (Lipinski definition) is 1. The van der Waals surface area contributed by atoms with Crippen molar-refractivity contribution >= 4 is 0 Å². The predicted molar refractivity (Wildman–Crippen MR) is 42.7 cm³/mol. The fraction of sp³-hybridized carbons (Fsp3) is 1.00.